The van der Waals surface area contributed by atoms with E-state index in [-0.39, 0.29) is 18.1 Å². The molecule has 1 amide bonds. The molecule has 1 heterocycles. The molecular formula is C35H44N2O6. The third kappa shape index (κ3) is 6.85. The van der Waals surface area contributed by atoms with Crippen molar-refractivity contribution in [3.05, 3.63) is 76.3 Å². The fourth-order valence-corrected chi connectivity index (χ4v) is 6.42. The molecule has 1 N–H and O–H groups in total. The Kier molecular flexibility index (Phi) is 9.65. The molecule has 230 valence electrons. The van der Waals surface area contributed by atoms with Gasteiger partial charge in [0.2, 0.25) is 5.91 Å². The van der Waals surface area contributed by atoms with Gasteiger partial charge in [-0.3, -0.25) is 9.69 Å². The summed E-state index contributed by atoms with van der Waals surface area (Å²) in [6.07, 6.45) is 3.56. The van der Waals surface area contributed by atoms with E-state index >= 15 is 0 Å². The maximum absolute atomic E-state index is 13.4. The zero-order valence-corrected chi connectivity index (χ0v) is 26.2. The highest BCUT2D eigenvalue weighted by Gasteiger charge is 2.31. The fourth-order valence-electron chi connectivity index (χ4n) is 6.42. The van der Waals surface area contributed by atoms with E-state index in [1.165, 1.54) is 16.7 Å². The SMILES string of the molecule is COc1ccc2c(c1)CCC2CNC(=O)CN1CCc2cc(OC)c(OC(C)C)cc2C1Cc1ccc(OC)c(OC)c1. The molecule has 0 saturated carbocycles. The van der Waals surface area contributed by atoms with Gasteiger partial charge in [0.15, 0.2) is 23.0 Å². The molecule has 5 rings (SSSR count). The van der Waals surface area contributed by atoms with Crippen molar-refractivity contribution in [3.63, 3.8) is 0 Å². The number of hydrogen-bond acceptors (Lipinski definition) is 7. The van der Waals surface area contributed by atoms with Gasteiger partial charge in [-0.1, -0.05) is 12.1 Å². The van der Waals surface area contributed by atoms with Gasteiger partial charge in [0.1, 0.15) is 5.75 Å². The van der Waals surface area contributed by atoms with Crippen molar-refractivity contribution < 1.29 is 28.5 Å². The molecule has 0 bridgehead atoms. The minimum Gasteiger partial charge on any atom is -0.497 e. The average molecular weight is 589 g/mol. The van der Waals surface area contributed by atoms with Crippen molar-refractivity contribution in [2.24, 2.45) is 0 Å². The van der Waals surface area contributed by atoms with E-state index in [0.717, 1.165) is 54.2 Å². The van der Waals surface area contributed by atoms with Crippen LogP contribution < -0.4 is 29.0 Å². The highest BCUT2D eigenvalue weighted by Crippen LogP contribution is 2.41. The van der Waals surface area contributed by atoms with E-state index < -0.39 is 0 Å². The van der Waals surface area contributed by atoms with Crippen LogP contribution in [0, 0.1) is 0 Å². The van der Waals surface area contributed by atoms with Crippen LogP contribution in [0.15, 0.2) is 48.5 Å². The van der Waals surface area contributed by atoms with Gasteiger partial charge >= 0.3 is 0 Å². The lowest BCUT2D eigenvalue weighted by molar-refractivity contribution is -0.123. The first-order chi connectivity index (χ1) is 20.8. The summed E-state index contributed by atoms with van der Waals surface area (Å²) >= 11 is 0. The number of methoxy groups -OCH3 is 4. The summed E-state index contributed by atoms with van der Waals surface area (Å²) in [5.41, 5.74) is 6.10. The van der Waals surface area contributed by atoms with E-state index in [1.54, 1.807) is 28.4 Å². The quantitative estimate of drug-likeness (QED) is 0.300. The van der Waals surface area contributed by atoms with Crippen LogP contribution in [0.5, 0.6) is 28.7 Å². The van der Waals surface area contributed by atoms with Gasteiger partial charge in [0, 0.05) is 25.0 Å². The number of fused-ring (bicyclic) bond motifs is 2. The molecular weight excluding hydrogens is 544 g/mol. The lowest BCUT2D eigenvalue weighted by Crippen LogP contribution is -2.44. The predicted molar refractivity (Wildman–Crippen MR) is 167 cm³/mol. The molecule has 2 atom stereocenters. The van der Waals surface area contributed by atoms with Crippen LogP contribution >= 0.6 is 0 Å². The molecule has 3 aromatic carbocycles. The molecule has 2 unspecified atom stereocenters. The molecule has 0 aromatic heterocycles. The first kappa shape index (κ1) is 30.5. The molecule has 3 aromatic rings. The second-order valence-corrected chi connectivity index (χ2v) is 11.6. The lowest BCUT2D eigenvalue weighted by atomic mass is 9.88. The molecule has 1 aliphatic heterocycles. The number of carbonyl (C=O) groups is 1. The Morgan fingerprint density at radius 2 is 1.58 bits per heavy atom. The van der Waals surface area contributed by atoms with Crippen molar-refractivity contribution >= 4 is 5.91 Å². The standard InChI is InChI=1S/C35H44N2O6/c1-22(2)43-34-19-29-25(18-33(34)42-6)13-14-37(30(29)15-23-7-12-31(40-4)32(16-23)41-5)21-35(38)36-20-26-9-8-24-17-27(39-3)10-11-28(24)26/h7,10-12,16-19,22,26,30H,8-9,13-15,20-21H2,1-6H3,(H,36,38). The first-order valence-corrected chi connectivity index (χ1v) is 15.1. The third-order valence-electron chi connectivity index (χ3n) is 8.58. The van der Waals surface area contributed by atoms with Crippen LogP contribution in [-0.2, 0) is 24.1 Å². The summed E-state index contributed by atoms with van der Waals surface area (Å²) in [6.45, 7) is 5.72. The number of hydrogen-bond donors (Lipinski definition) is 1. The van der Waals surface area contributed by atoms with Crippen LogP contribution in [0.25, 0.3) is 0 Å². The minimum atomic E-state index is -0.0345. The van der Waals surface area contributed by atoms with Gasteiger partial charge in [0.25, 0.3) is 0 Å². The number of carbonyl (C=O) groups excluding carboxylic acids is 1. The zero-order valence-electron chi connectivity index (χ0n) is 26.2. The number of amides is 1. The Morgan fingerprint density at radius 1 is 0.837 bits per heavy atom. The zero-order chi connectivity index (χ0) is 30.5. The molecule has 8 nitrogen and oxygen atoms in total. The molecule has 2 aliphatic rings. The Morgan fingerprint density at radius 3 is 2.30 bits per heavy atom. The third-order valence-corrected chi connectivity index (χ3v) is 8.58. The molecule has 43 heavy (non-hydrogen) atoms. The normalized spacial score (nSPS) is 17.7. The number of nitrogens with zero attached hydrogens (tertiary/aromatic N) is 1. The number of ether oxygens (including phenoxy) is 5. The molecule has 0 saturated heterocycles. The van der Waals surface area contributed by atoms with Gasteiger partial charge < -0.3 is 29.0 Å². The summed E-state index contributed by atoms with van der Waals surface area (Å²) in [7, 11) is 6.66. The van der Waals surface area contributed by atoms with Crippen molar-refractivity contribution in [2.45, 2.75) is 57.6 Å². The van der Waals surface area contributed by atoms with E-state index in [4.69, 9.17) is 23.7 Å². The maximum atomic E-state index is 13.4. The summed E-state index contributed by atoms with van der Waals surface area (Å²) < 4.78 is 28.3. The van der Waals surface area contributed by atoms with Crippen LogP contribution in [0.3, 0.4) is 0 Å². The highest BCUT2D eigenvalue weighted by atomic mass is 16.5. The average Bonchev–Trinajstić information content (AvgIpc) is 3.42. The fraction of sp³-hybridized carbons (Fsp3) is 0.457. The van der Waals surface area contributed by atoms with Crippen molar-refractivity contribution in [1.29, 1.82) is 0 Å². The van der Waals surface area contributed by atoms with E-state index in [9.17, 15) is 4.79 Å². The topological polar surface area (TPSA) is 78.5 Å². The molecule has 8 heteroatoms. The van der Waals surface area contributed by atoms with Crippen LogP contribution in [0.4, 0.5) is 0 Å². The van der Waals surface area contributed by atoms with Gasteiger partial charge in [-0.2, -0.15) is 0 Å². The number of benzene rings is 3. The summed E-state index contributed by atoms with van der Waals surface area (Å²) in [6, 6.07) is 16.5. The highest BCUT2D eigenvalue weighted by molar-refractivity contribution is 5.78. The second kappa shape index (κ2) is 13.6. The summed E-state index contributed by atoms with van der Waals surface area (Å²) in [5.74, 6) is 4.07. The molecule has 0 radical (unpaired) electrons. The lowest BCUT2D eigenvalue weighted by Gasteiger charge is -2.38. The van der Waals surface area contributed by atoms with Crippen molar-refractivity contribution in [1.82, 2.24) is 10.2 Å². The molecule has 1 aliphatic carbocycles. The molecule has 0 spiro atoms. The first-order valence-electron chi connectivity index (χ1n) is 15.1. The van der Waals surface area contributed by atoms with Gasteiger partial charge in [-0.05, 0) is 104 Å². The van der Waals surface area contributed by atoms with Gasteiger partial charge in [-0.25, -0.2) is 0 Å². The van der Waals surface area contributed by atoms with Crippen LogP contribution in [0.1, 0.15) is 60.0 Å². The number of aryl methyl sites for hydroxylation is 1. The number of rotatable bonds is 12. The predicted octanol–water partition coefficient (Wildman–Crippen LogP) is 5.50. The van der Waals surface area contributed by atoms with Crippen LogP contribution in [0.2, 0.25) is 0 Å². The Labute approximate surface area is 255 Å². The smallest absolute Gasteiger partial charge is 0.234 e. The van der Waals surface area contributed by atoms with Crippen molar-refractivity contribution in [2.75, 3.05) is 48.1 Å². The van der Waals surface area contributed by atoms with Crippen molar-refractivity contribution in [3.8, 4) is 28.7 Å². The number of nitrogens with one attached hydrogen (secondary N) is 1. The Balaban J connectivity index is 1.37. The van der Waals surface area contributed by atoms with E-state index in [0.29, 0.717) is 36.9 Å². The Bertz CT molecular complexity index is 1440. The van der Waals surface area contributed by atoms with Gasteiger partial charge in [-0.15, -0.1) is 0 Å². The summed E-state index contributed by atoms with van der Waals surface area (Å²) in [5, 5.41) is 3.25. The monoisotopic (exact) mass is 588 g/mol. The maximum Gasteiger partial charge on any atom is 0.234 e. The van der Waals surface area contributed by atoms with E-state index in [2.05, 4.69) is 40.5 Å². The molecule has 0 fully saturated rings. The summed E-state index contributed by atoms with van der Waals surface area (Å²) in [4.78, 5) is 15.7. The van der Waals surface area contributed by atoms with E-state index in [1.807, 2.05) is 32.0 Å². The van der Waals surface area contributed by atoms with Gasteiger partial charge in [0.05, 0.1) is 41.1 Å². The Hall–Kier alpha value is -3.91. The minimum absolute atomic E-state index is 0.00326. The van der Waals surface area contributed by atoms with Crippen LogP contribution in [-0.4, -0.2) is 65.0 Å². The largest absolute Gasteiger partial charge is 0.497 e. The second-order valence-electron chi connectivity index (χ2n) is 11.6.